The first-order valence-corrected chi connectivity index (χ1v) is 5.46. The topological polar surface area (TPSA) is 40.5 Å². The second-order valence-electron chi connectivity index (χ2n) is 4.05. The zero-order valence-corrected chi connectivity index (χ0v) is 9.04. The summed E-state index contributed by atoms with van der Waals surface area (Å²) in [4.78, 5) is 12.5. The Morgan fingerprint density at radius 1 is 1.38 bits per heavy atom. The van der Waals surface area contributed by atoms with Gasteiger partial charge in [-0.05, 0) is 12.0 Å². The molecular formula is C13H15NO2. The number of hydrogen-bond acceptors (Lipinski definition) is 2. The Morgan fingerprint density at radius 2 is 2.12 bits per heavy atom. The first kappa shape index (κ1) is 10.7. The molecule has 0 radical (unpaired) electrons. The van der Waals surface area contributed by atoms with Crippen molar-refractivity contribution >= 4 is 5.97 Å². The van der Waals surface area contributed by atoms with Crippen LogP contribution in [0.5, 0.6) is 0 Å². The maximum absolute atomic E-state index is 10.4. The molecule has 0 saturated carbocycles. The first-order valence-electron chi connectivity index (χ1n) is 5.46. The molecule has 1 fully saturated rings. The third-order valence-corrected chi connectivity index (χ3v) is 2.92. The summed E-state index contributed by atoms with van der Waals surface area (Å²) in [5.41, 5.74) is 1.34. The van der Waals surface area contributed by atoms with Crippen molar-refractivity contribution in [2.24, 2.45) is 0 Å². The lowest BCUT2D eigenvalue weighted by molar-refractivity contribution is -0.131. The lowest BCUT2D eigenvalue weighted by Gasteiger charge is -2.12. The highest BCUT2D eigenvalue weighted by molar-refractivity contribution is 5.79. The highest BCUT2D eigenvalue weighted by atomic mass is 16.4. The van der Waals surface area contributed by atoms with E-state index in [4.69, 9.17) is 5.11 Å². The fraction of sp³-hybridized carbons (Fsp3) is 0.308. The average molecular weight is 217 g/mol. The predicted molar refractivity (Wildman–Crippen MR) is 62.1 cm³/mol. The molecule has 16 heavy (non-hydrogen) atoms. The number of carboxylic acids is 1. The summed E-state index contributed by atoms with van der Waals surface area (Å²) in [6.45, 7) is 1.84. The Balaban J connectivity index is 1.96. The van der Waals surface area contributed by atoms with E-state index in [1.807, 2.05) is 18.2 Å². The van der Waals surface area contributed by atoms with Gasteiger partial charge in [0.25, 0.3) is 0 Å². The third-order valence-electron chi connectivity index (χ3n) is 2.92. The molecular weight excluding hydrogens is 202 g/mol. The van der Waals surface area contributed by atoms with E-state index in [2.05, 4.69) is 17.0 Å². The van der Waals surface area contributed by atoms with E-state index in [0.29, 0.717) is 5.92 Å². The van der Waals surface area contributed by atoms with Crippen LogP contribution in [-0.2, 0) is 4.79 Å². The Labute approximate surface area is 95.0 Å². The van der Waals surface area contributed by atoms with Crippen molar-refractivity contribution in [1.82, 2.24) is 4.90 Å². The molecule has 1 atom stereocenters. The molecule has 0 spiro atoms. The zero-order valence-electron chi connectivity index (χ0n) is 9.04. The highest BCUT2D eigenvalue weighted by Gasteiger charge is 2.21. The van der Waals surface area contributed by atoms with E-state index in [0.717, 1.165) is 19.5 Å². The molecule has 1 aliphatic heterocycles. The summed E-state index contributed by atoms with van der Waals surface area (Å²) in [5, 5.41) is 8.54. The van der Waals surface area contributed by atoms with Crippen LogP contribution in [0.15, 0.2) is 42.6 Å². The van der Waals surface area contributed by atoms with Crippen LogP contribution in [0.25, 0.3) is 0 Å². The van der Waals surface area contributed by atoms with Gasteiger partial charge in [-0.15, -0.1) is 0 Å². The molecule has 3 heteroatoms. The quantitative estimate of drug-likeness (QED) is 0.788. The Hall–Kier alpha value is -1.77. The van der Waals surface area contributed by atoms with Crippen LogP contribution in [0.1, 0.15) is 17.9 Å². The standard InChI is InChI=1S/C13H15NO2/c15-13(16)7-9-14-8-6-12(10-14)11-4-2-1-3-5-11/h1-5,7,9,12H,6,8,10H2,(H,15,16)/b9-7+. The summed E-state index contributed by atoms with van der Waals surface area (Å²) in [6.07, 6.45) is 3.96. The van der Waals surface area contributed by atoms with Crippen molar-refractivity contribution in [2.75, 3.05) is 13.1 Å². The molecule has 1 heterocycles. The van der Waals surface area contributed by atoms with Crippen molar-refractivity contribution in [3.8, 4) is 0 Å². The summed E-state index contributed by atoms with van der Waals surface area (Å²) >= 11 is 0. The second kappa shape index (κ2) is 4.84. The van der Waals surface area contributed by atoms with Crippen molar-refractivity contribution in [3.63, 3.8) is 0 Å². The molecule has 1 N–H and O–H groups in total. The lowest BCUT2D eigenvalue weighted by atomic mass is 9.99. The number of rotatable bonds is 3. The Morgan fingerprint density at radius 3 is 2.81 bits per heavy atom. The van der Waals surface area contributed by atoms with Crippen LogP contribution in [-0.4, -0.2) is 29.1 Å². The normalized spacial score (nSPS) is 20.5. The van der Waals surface area contributed by atoms with E-state index in [1.54, 1.807) is 6.20 Å². The molecule has 0 bridgehead atoms. The fourth-order valence-electron chi connectivity index (χ4n) is 2.09. The van der Waals surface area contributed by atoms with Gasteiger partial charge in [-0.1, -0.05) is 30.3 Å². The molecule has 0 amide bonds. The Bertz CT molecular complexity index is 386. The largest absolute Gasteiger partial charge is 0.478 e. The van der Waals surface area contributed by atoms with Crippen LogP contribution in [0.2, 0.25) is 0 Å². The van der Waals surface area contributed by atoms with Crippen LogP contribution in [0.3, 0.4) is 0 Å². The van der Waals surface area contributed by atoms with Crippen LogP contribution in [0, 0.1) is 0 Å². The molecule has 1 unspecified atom stereocenters. The number of nitrogens with zero attached hydrogens (tertiary/aromatic N) is 1. The monoisotopic (exact) mass is 217 g/mol. The van der Waals surface area contributed by atoms with Crippen molar-refractivity contribution in [1.29, 1.82) is 0 Å². The summed E-state index contributed by atoms with van der Waals surface area (Å²) in [6, 6.07) is 10.4. The minimum Gasteiger partial charge on any atom is -0.478 e. The van der Waals surface area contributed by atoms with Gasteiger partial charge < -0.3 is 10.0 Å². The third kappa shape index (κ3) is 2.63. The molecule has 1 aromatic rings. The van der Waals surface area contributed by atoms with Crippen LogP contribution < -0.4 is 0 Å². The smallest absolute Gasteiger partial charge is 0.329 e. The summed E-state index contributed by atoms with van der Waals surface area (Å²) in [5.74, 6) is -0.359. The van der Waals surface area contributed by atoms with Crippen molar-refractivity contribution in [3.05, 3.63) is 48.2 Å². The van der Waals surface area contributed by atoms with Crippen molar-refractivity contribution in [2.45, 2.75) is 12.3 Å². The van der Waals surface area contributed by atoms with Gasteiger partial charge >= 0.3 is 5.97 Å². The van der Waals surface area contributed by atoms with Gasteiger partial charge in [0, 0.05) is 31.3 Å². The SMILES string of the molecule is O=C(O)/C=C/N1CCC(c2ccccc2)C1. The lowest BCUT2D eigenvalue weighted by Crippen LogP contribution is -2.13. The number of benzene rings is 1. The predicted octanol–water partition coefficient (Wildman–Crippen LogP) is 2.07. The molecule has 0 aromatic heterocycles. The highest BCUT2D eigenvalue weighted by Crippen LogP contribution is 2.26. The number of aliphatic carboxylic acids is 1. The number of hydrogen-bond donors (Lipinski definition) is 1. The Kier molecular flexibility index (Phi) is 3.25. The van der Waals surface area contributed by atoms with E-state index in [9.17, 15) is 4.79 Å². The van der Waals surface area contributed by atoms with Gasteiger partial charge in [0.05, 0.1) is 0 Å². The van der Waals surface area contributed by atoms with Gasteiger partial charge in [-0.2, -0.15) is 0 Å². The van der Waals surface area contributed by atoms with E-state index in [1.165, 1.54) is 11.6 Å². The zero-order chi connectivity index (χ0) is 11.4. The molecule has 1 aliphatic rings. The fourth-order valence-corrected chi connectivity index (χ4v) is 2.09. The van der Waals surface area contributed by atoms with Gasteiger partial charge in [0.15, 0.2) is 0 Å². The average Bonchev–Trinajstić information content (AvgIpc) is 2.76. The van der Waals surface area contributed by atoms with E-state index < -0.39 is 5.97 Å². The number of carboxylic acid groups (broad SMARTS) is 1. The molecule has 3 nitrogen and oxygen atoms in total. The maximum Gasteiger partial charge on any atom is 0.329 e. The van der Waals surface area contributed by atoms with Crippen molar-refractivity contribution < 1.29 is 9.90 Å². The minimum absolute atomic E-state index is 0.527. The molecule has 1 saturated heterocycles. The van der Waals surface area contributed by atoms with Gasteiger partial charge in [-0.3, -0.25) is 0 Å². The summed E-state index contributed by atoms with van der Waals surface area (Å²) < 4.78 is 0. The second-order valence-corrected chi connectivity index (χ2v) is 4.05. The molecule has 2 rings (SSSR count). The van der Waals surface area contributed by atoms with Crippen LogP contribution in [0.4, 0.5) is 0 Å². The molecule has 84 valence electrons. The van der Waals surface area contributed by atoms with E-state index >= 15 is 0 Å². The number of likely N-dealkylation sites (tertiary alicyclic amines) is 1. The first-order chi connectivity index (χ1) is 7.75. The molecule has 1 aromatic carbocycles. The van der Waals surface area contributed by atoms with E-state index in [-0.39, 0.29) is 0 Å². The van der Waals surface area contributed by atoms with Gasteiger partial charge in [-0.25, -0.2) is 4.79 Å². The summed E-state index contributed by atoms with van der Waals surface area (Å²) in [7, 11) is 0. The van der Waals surface area contributed by atoms with Crippen LogP contribution >= 0.6 is 0 Å². The number of carbonyl (C=O) groups is 1. The minimum atomic E-state index is -0.886. The maximum atomic E-state index is 10.4. The molecule has 0 aliphatic carbocycles. The van der Waals surface area contributed by atoms with Gasteiger partial charge in [0.1, 0.15) is 0 Å². The van der Waals surface area contributed by atoms with Gasteiger partial charge in [0.2, 0.25) is 0 Å².